The van der Waals surface area contributed by atoms with Crippen LogP contribution in [0.2, 0.25) is 10.0 Å². The summed E-state index contributed by atoms with van der Waals surface area (Å²) in [5.74, 6) is 0.328. The van der Waals surface area contributed by atoms with Crippen molar-refractivity contribution in [1.29, 1.82) is 0 Å². The molecule has 122 valence electrons. The smallest absolute Gasteiger partial charge is 0.253 e. The third kappa shape index (κ3) is 3.98. The van der Waals surface area contributed by atoms with Gasteiger partial charge in [0.25, 0.3) is 5.91 Å². The number of nitrogens with one attached hydrogen (secondary N) is 1. The fourth-order valence-electron chi connectivity index (χ4n) is 2.08. The van der Waals surface area contributed by atoms with Crippen LogP contribution >= 0.6 is 39.1 Å². The van der Waals surface area contributed by atoms with E-state index >= 15 is 0 Å². The number of halogens is 3. The molecule has 0 saturated carbocycles. The monoisotopic (exact) mass is 424 g/mol. The average molecular weight is 426 g/mol. The molecule has 0 saturated heterocycles. The van der Waals surface area contributed by atoms with Crippen molar-refractivity contribution in [2.75, 3.05) is 0 Å². The molecule has 0 bridgehead atoms. The summed E-state index contributed by atoms with van der Waals surface area (Å²) < 4.78 is 6.07. The summed E-state index contributed by atoms with van der Waals surface area (Å²) in [6, 6.07) is 14.1. The molecule has 0 unspecified atom stereocenters. The van der Waals surface area contributed by atoms with Crippen LogP contribution in [-0.2, 0) is 6.54 Å². The Labute approximate surface area is 156 Å². The van der Waals surface area contributed by atoms with Gasteiger partial charge in [-0.25, -0.2) is 0 Å². The van der Waals surface area contributed by atoms with Gasteiger partial charge in [-0.2, -0.15) is 0 Å². The Balaban J connectivity index is 1.68. The molecule has 1 heterocycles. The van der Waals surface area contributed by atoms with Gasteiger partial charge in [0.1, 0.15) is 5.69 Å². The van der Waals surface area contributed by atoms with Crippen LogP contribution in [0.25, 0.3) is 11.3 Å². The van der Waals surface area contributed by atoms with Crippen molar-refractivity contribution in [3.8, 4) is 11.3 Å². The Morgan fingerprint density at radius 3 is 2.62 bits per heavy atom. The fourth-order valence-corrected chi connectivity index (χ4v) is 2.77. The van der Waals surface area contributed by atoms with Crippen molar-refractivity contribution in [3.05, 3.63) is 74.3 Å². The van der Waals surface area contributed by atoms with E-state index in [-0.39, 0.29) is 12.5 Å². The van der Waals surface area contributed by atoms with E-state index in [0.717, 1.165) is 10.0 Å². The van der Waals surface area contributed by atoms with Gasteiger partial charge in [0.15, 0.2) is 5.76 Å². The minimum absolute atomic E-state index is 0.235. The topological polar surface area (TPSA) is 55.1 Å². The lowest BCUT2D eigenvalue weighted by Crippen LogP contribution is -2.23. The first kappa shape index (κ1) is 17.0. The Morgan fingerprint density at radius 1 is 1.12 bits per heavy atom. The van der Waals surface area contributed by atoms with Gasteiger partial charge in [0.2, 0.25) is 0 Å². The van der Waals surface area contributed by atoms with E-state index in [4.69, 9.17) is 27.7 Å². The number of hydrogen-bond acceptors (Lipinski definition) is 3. The Hall–Kier alpha value is -1.82. The fraction of sp³-hybridized carbons (Fsp3) is 0.0588. The van der Waals surface area contributed by atoms with Crippen molar-refractivity contribution < 1.29 is 9.32 Å². The molecule has 1 aromatic heterocycles. The van der Waals surface area contributed by atoms with Crippen LogP contribution in [0.1, 0.15) is 16.1 Å². The first-order chi connectivity index (χ1) is 11.5. The van der Waals surface area contributed by atoms with E-state index in [1.165, 1.54) is 0 Å². The summed E-state index contributed by atoms with van der Waals surface area (Å²) in [5, 5.41) is 7.76. The van der Waals surface area contributed by atoms with Crippen molar-refractivity contribution in [1.82, 2.24) is 10.5 Å². The van der Waals surface area contributed by atoms with Gasteiger partial charge < -0.3 is 9.84 Å². The van der Waals surface area contributed by atoms with Crippen LogP contribution in [-0.4, -0.2) is 11.1 Å². The highest BCUT2D eigenvalue weighted by atomic mass is 79.9. The molecule has 0 spiro atoms. The van der Waals surface area contributed by atoms with Gasteiger partial charge >= 0.3 is 0 Å². The predicted octanol–water partition coefficient (Wildman–Crippen LogP) is 5.34. The highest BCUT2D eigenvalue weighted by molar-refractivity contribution is 9.10. The average Bonchev–Trinajstić information content (AvgIpc) is 3.04. The lowest BCUT2D eigenvalue weighted by Gasteiger charge is -2.05. The molecule has 2 aromatic carbocycles. The SMILES string of the molecule is O=C(NCc1cc(-c2ccc(Cl)cc2)on1)c1cc(Br)ccc1Cl. The molecule has 1 N–H and O–H groups in total. The number of hydrogen-bond donors (Lipinski definition) is 1. The highest BCUT2D eigenvalue weighted by Gasteiger charge is 2.12. The molecule has 7 heteroatoms. The Morgan fingerprint density at radius 2 is 1.88 bits per heavy atom. The van der Waals surface area contributed by atoms with Crippen molar-refractivity contribution >= 4 is 45.0 Å². The number of amides is 1. The Bertz CT molecular complexity index is 879. The molecule has 1 amide bonds. The van der Waals surface area contributed by atoms with Crippen LogP contribution in [0.4, 0.5) is 0 Å². The largest absolute Gasteiger partial charge is 0.356 e. The molecule has 3 rings (SSSR count). The number of rotatable bonds is 4. The lowest BCUT2D eigenvalue weighted by atomic mass is 10.1. The van der Waals surface area contributed by atoms with E-state index in [1.807, 2.05) is 12.1 Å². The Kier molecular flexibility index (Phi) is 5.23. The molecular weight excluding hydrogens is 415 g/mol. The quantitative estimate of drug-likeness (QED) is 0.613. The lowest BCUT2D eigenvalue weighted by molar-refractivity contribution is 0.0950. The van der Waals surface area contributed by atoms with E-state index in [2.05, 4.69) is 26.4 Å². The van der Waals surface area contributed by atoms with Gasteiger partial charge in [-0.15, -0.1) is 0 Å². The number of benzene rings is 2. The van der Waals surface area contributed by atoms with E-state index in [9.17, 15) is 4.79 Å². The summed E-state index contributed by atoms with van der Waals surface area (Å²) in [6.07, 6.45) is 0. The maximum absolute atomic E-state index is 12.2. The van der Waals surface area contributed by atoms with Crippen LogP contribution in [0, 0.1) is 0 Å². The number of carbonyl (C=O) groups is 1. The van der Waals surface area contributed by atoms with Gasteiger partial charge in [0.05, 0.1) is 17.1 Å². The zero-order valence-corrected chi connectivity index (χ0v) is 15.3. The third-order valence-electron chi connectivity index (χ3n) is 3.29. The summed E-state index contributed by atoms with van der Waals surface area (Å²) in [6.45, 7) is 0.235. The van der Waals surface area contributed by atoms with Crippen LogP contribution < -0.4 is 5.32 Å². The summed E-state index contributed by atoms with van der Waals surface area (Å²) in [5.41, 5.74) is 1.87. The summed E-state index contributed by atoms with van der Waals surface area (Å²) >= 11 is 15.2. The molecule has 0 aliphatic rings. The van der Waals surface area contributed by atoms with E-state index in [0.29, 0.717) is 27.1 Å². The number of nitrogens with zero attached hydrogens (tertiary/aromatic N) is 1. The number of aromatic nitrogens is 1. The molecular formula is C17H11BrCl2N2O2. The van der Waals surface area contributed by atoms with Crippen LogP contribution in [0.15, 0.2) is 57.5 Å². The molecule has 24 heavy (non-hydrogen) atoms. The minimum Gasteiger partial charge on any atom is -0.356 e. The first-order valence-electron chi connectivity index (χ1n) is 6.98. The summed E-state index contributed by atoms with van der Waals surface area (Å²) in [7, 11) is 0. The molecule has 0 fully saturated rings. The van der Waals surface area contributed by atoms with Crippen molar-refractivity contribution in [3.63, 3.8) is 0 Å². The predicted molar refractivity (Wildman–Crippen MR) is 97.3 cm³/mol. The standard InChI is InChI=1S/C17H11BrCl2N2O2/c18-11-3-6-15(20)14(7-11)17(23)21-9-13-8-16(24-22-13)10-1-4-12(19)5-2-10/h1-8H,9H2,(H,21,23). The second kappa shape index (κ2) is 7.38. The molecule has 0 aliphatic heterocycles. The molecule has 0 radical (unpaired) electrons. The van der Waals surface area contributed by atoms with Crippen molar-refractivity contribution in [2.24, 2.45) is 0 Å². The summed E-state index contributed by atoms with van der Waals surface area (Å²) in [4.78, 5) is 12.2. The zero-order valence-electron chi connectivity index (χ0n) is 12.2. The second-order valence-electron chi connectivity index (χ2n) is 5.00. The second-order valence-corrected chi connectivity index (χ2v) is 6.76. The molecule has 3 aromatic rings. The molecule has 4 nitrogen and oxygen atoms in total. The van der Waals surface area contributed by atoms with Gasteiger partial charge in [0, 0.05) is 21.1 Å². The normalized spacial score (nSPS) is 10.6. The minimum atomic E-state index is -0.280. The zero-order chi connectivity index (χ0) is 17.1. The van der Waals surface area contributed by atoms with Gasteiger partial charge in [-0.05, 0) is 42.5 Å². The maximum atomic E-state index is 12.2. The van der Waals surface area contributed by atoms with Crippen molar-refractivity contribution in [2.45, 2.75) is 6.54 Å². The van der Waals surface area contributed by atoms with E-state index in [1.54, 1.807) is 36.4 Å². The van der Waals surface area contributed by atoms with Gasteiger partial charge in [-0.3, -0.25) is 4.79 Å². The maximum Gasteiger partial charge on any atom is 0.253 e. The van der Waals surface area contributed by atoms with Gasteiger partial charge in [-0.1, -0.05) is 44.3 Å². The van der Waals surface area contributed by atoms with E-state index < -0.39 is 0 Å². The molecule has 0 atom stereocenters. The van der Waals surface area contributed by atoms with Crippen LogP contribution in [0.3, 0.4) is 0 Å². The first-order valence-corrected chi connectivity index (χ1v) is 8.52. The third-order valence-corrected chi connectivity index (χ3v) is 4.37. The number of carbonyl (C=O) groups excluding carboxylic acids is 1. The van der Waals surface area contributed by atoms with Crippen LogP contribution in [0.5, 0.6) is 0 Å². The molecule has 0 aliphatic carbocycles. The highest BCUT2D eigenvalue weighted by Crippen LogP contribution is 2.23.